The zero-order chi connectivity index (χ0) is 16.3. The Morgan fingerprint density at radius 2 is 1.95 bits per heavy atom. The van der Waals surface area contributed by atoms with Gasteiger partial charge in [-0.05, 0) is 13.1 Å². The van der Waals surface area contributed by atoms with Crippen molar-refractivity contribution in [2.45, 2.75) is 6.18 Å². The number of ether oxygens (including phenoxy) is 1. The summed E-state index contributed by atoms with van der Waals surface area (Å²) in [6.07, 6.45) is -4.58. The Morgan fingerprint density at radius 1 is 1.32 bits per heavy atom. The van der Waals surface area contributed by atoms with Gasteiger partial charge in [-0.2, -0.15) is 18.2 Å². The van der Waals surface area contributed by atoms with Crippen LogP contribution in [0.15, 0.2) is 12.1 Å². The third kappa shape index (κ3) is 4.20. The van der Waals surface area contributed by atoms with Crippen molar-refractivity contribution in [3.05, 3.63) is 22.2 Å². The number of hydrogen-bond acceptors (Lipinski definition) is 6. The molecule has 0 atom stereocenters. The third-order valence-electron chi connectivity index (χ3n) is 3.22. The summed E-state index contributed by atoms with van der Waals surface area (Å²) >= 11 is 0. The molecule has 1 aromatic rings. The molecule has 0 aromatic carbocycles. The lowest BCUT2D eigenvalue weighted by Gasteiger charge is -2.33. The summed E-state index contributed by atoms with van der Waals surface area (Å²) in [5.74, 6) is -0.241. The molecule has 22 heavy (non-hydrogen) atoms. The average Bonchev–Trinajstić information content (AvgIpc) is 2.44. The fourth-order valence-electron chi connectivity index (χ4n) is 2.03. The Balaban J connectivity index is 2.21. The number of alkyl halides is 3. The van der Waals surface area contributed by atoms with Gasteiger partial charge >= 0.3 is 11.9 Å². The van der Waals surface area contributed by atoms with Gasteiger partial charge in [0.1, 0.15) is 5.82 Å². The highest BCUT2D eigenvalue weighted by Gasteiger charge is 2.31. The molecule has 0 bridgehead atoms. The summed E-state index contributed by atoms with van der Waals surface area (Å²) in [7, 11) is 1.96. The topological polar surface area (TPSA) is 71.7 Å². The predicted molar refractivity (Wildman–Crippen MR) is 72.2 cm³/mol. The minimum atomic E-state index is -4.58. The van der Waals surface area contributed by atoms with E-state index in [-0.39, 0.29) is 0 Å². The molecular formula is C12H15F3N4O3. The molecule has 1 saturated heterocycles. The lowest BCUT2D eigenvalue weighted by Crippen LogP contribution is -2.44. The number of hydrogen-bond donors (Lipinski definition) is 0. The molecule has 0 radical (unpaired) electrons. The van der Waals surface area contributed by atoms with Gasteiger partial charge < -0.3 is 14.5 Å². The summed E-state index contributed by atoms with van der Waals surface area (Å²) in [6.45, 7) is 1.21. The molecule has 122 valence electrons. The highest BCUT2D eigenvalue weighted by molar-refractivity contribution is 5.50. The molecule has 1 fully saturated rings. The van der Waals surface area contributed by atoms with Gasteiger partial charge in [0.25, 0.3) is 5.88 Å². The van der Waals surface area contributed by atoms with Crippen molar-refractivity contribution in [2.24, 2.45) is 0 Å². The van der Waals surface area contributed by atoms with Crippen LogP contribution in [0.2, 0.25) is 0 Å². The molecule has 2 rings (SSSR count). The number of rotatable bonds is 4. The highest BCUT2D eigenvalue weighted by Crippen LogP contribution is 2.29. The summed E-state index contributed by atoms with van der Waals surface area (Å²) in [5, 5.41) is 10.9. The zero-order valence-electron chi connectivity index (χ0n) is 11.8. The Kier molecular flexibility index (Phi) is 4.69. The van der Waals surface area contributed by atoms with Crippen LogP contribution in [-0.4, -0.2) is 60.8 Å². The molecule has 7 nitrogen and oxygen atoms in total. The number of likely N-dealkylation sites (N-methyl/N-ethyl adjacent to an activating group) is 1. The number of halogens is 3. The van der Waals surface area contributed by atoms with E-state index in [1.54, 1.807) is 0 Å². The maximum atomic E-state index is 12.2. The standard InChI is InChI=1S/C12H15F3N4O3/c1-17-4-6-18(7-5-17)10-3-2-9(19(20)21)11(16-10)22-8-12(13,14)15/h2-3H,4-8H2,1H3. The summed E-state index contributed by atoms with van der Waals surface area (Å²) in [5.41, 5.74) is -0.581. The number of piperazine rings is 1. The first-order valence-corrected chi connectivity index (χ1v) is 6.55. The van der Waals surface area contributed by atoms with Crippen LogP contribution < -0.4 is 9.64 Å². The predicted octanol–water partition coefficient (Wildman–Crippen LogP) is 1.68. The maximum Gasteiger partial charge on any atom is 0.422 e. The molecule has 1 aromatic heterocycles. The second-order valence-electron chi connectivity index (χ2n) is 4.95. The van der Waals surface area contributed by atoms with Crippen molar-refractivity contribution < 1.29 is 22.8 Å². The van der Waals surface area contributed by atoms with E-state index in [0.717, 1.165) is 19.2 Å². The molecule has 0 N–H and O–H groups in total. The Morgan fingerprint density at radius 3 is 2.50 bits per heavy atom. The first-order valence-electron chi connectivity index (χ1n) is 6.55. The highest BCUT2D eigenvalue weighted by atomic mass is 19.4. The summed E-state index contributed by atoms with van der Waals surface area (Å²) in [6, 6.07) is 2.54. The van der Waals surface area contributed by atoms with Crippen molar-refractivity contribution in [1.29, 1.82) is 0 Å². The van der Waals surface area contributed by atoms with E-state index >= 15 is 0 Å². The molecule has 0 unspecified atom stereocenters. The van der Waals surface area contributed by atoms with Gasteiger partial charge in [0.2, 0.25) is 0 Å². The first-order chi connectivity index (χ1) is 10.3. The fourth-order valence-corrected chi connectivity index (χ4v) is 2.03. The molecule has 1 aliphatic heterocycles. The Labute approximate surface area is 124 Å². The van der Waals surface area contributed by atoms with Crippen LogP contribution in [0.3, 0.4) is 0 Å². The van der Waals surface area contributed by atoms with E-state index in [2.05, 4.69) is 14.6 Å². The second-order valence-corrected chi connectivity index (χ2v) is 4.95. The van der Waals surface area contributed by atoms with Gasteiger partial charge in [-0.25, -0.2) is 0 Å². The van der Waals surface area contributed by atoms with E-state index in [9.17, 15) is 23.3 Å². The van der Waals surface area contributed by atoms with E-state index in [1.165, 1.54) is 6.07 Å². The number of aromatic nitrogens is 1. The van der Waals surface area contributed by atoms with Gasteiger partial charge in [-0.3, -0.25) is 10.1 Å². The van der Waals surface area contributed by atoms with Gasteiger partial charge in [0.15, 0.2) is 6.61 Å². The third-order valence-corrected chi connectivity index (χ3v) is 3.22. The van der Waals surface area contributed by atoms with Crippen molar-refractivity contribution in [3.63, 3.8) is 0 Å². The van der Waals surface area contributed by atoms with Crippen LogP contribution in [0.4, 0.5) is 24.7 Å². The van der Waals surface area contributed by atoms with Crippen LogP contribution in [0, 0.1) is 10.1 Å². The normalized spacial score (nSPS) is 16.6. The largest absolute Gasteiger partial charge is 0.463 e. The van der Waals surface area contributed by atoms with E-state index in [1.807, 2.05) is 11.9 Å². The lowest BCUT2D eigenvalue weighted by atomic mass is 10.3. The van der Waals surface area contributed by atoms with Crippen molar-refractivity contribution in [1.82, 2.24) is 9.88 Å². The second kappa shape index (κ2) is 6.34. The maximum absolute atomic E-state index is 12.2. The molecule has 10 heteroatoms. The number of anilines is 1. The quantitative estimate of drug-likeness (QED) is 0.621. The van der Waals surface area contributed by atoms with E-state index < -0.39 is 29.3 Å². The first kappa shape index (κ1) is 16.3. The van der Waals surface area contributed by atoms with Crippen LogP contribution in [-0.2, 0) is 0 Å². The summed E-state index contributed by atoms with van der Waals surface area (Å²) < 4.78 is 41.2. The molecule has 0 amide bonds. The Bertz CT molecular complexity index is 545. The molecule has 1 aliphatic rings. The van der Waals surface area contributed by atoms with Crippen LogP contribution in [0.1, 0.15) is 0 Å². The number of nitro groups is 1. The molecular weight excluding hydrogens is 305 g/mol. The summed E-state index contributed by atoms with van der Waals surface area (Å²) in [4.78, 5) is 17.9. The van der Waals surface area contributed by atoms with Crippen LogP contribution in [0.25, 0.3) is 0 Å². The molecule has 2 heterocycles. The Hall–Kier alpha value is -2.10. The van der Waals surface area contributed by atoms with Gasteiger partial charge in [-0.1, -0.05) is 0 Å². The van der Waals surface area contributed by atoms with Gasteiger partial charge in [0.05, 0.1) is 4.92 Å². The van der Waals surface area contributed by atoms with Crippen molar-refractivity contribution >= 4 is 11.5 Å². The molecule has 0 aliphatic carbocycles. The number of pyridine rings is 1. The minimum Gasteiger partial charge on any atom is -0.463 e. The minimum absolute atomic E-state index is 0.371. The van der Waals surface area contributed by atoms with Crippen LogP contribution in [0.5, 0.6) is 5.88 Å². The molecule has 0 saturated carbocycles. The SMILES string of the molecule is CN1CCN(c2ccc([N+](=O)[O-])c(OCC(F)(F)F)n2)CC1. The number of nitrogens with zero attached hydrogens (tertiary/aromatic N) is 4. The van der Waals surface area contributed by atoms with Gasteiger partial charge in [-0.15, -0.1) is 0 Å². The van der Waals surface area contributed by atoms with Gasteiger partial charge in [0, 0.05) is 32.2 Å². The fraction of sp³-hybridized carbons (Fsp3) is 0.583. The van der Waals surface area contributed by atoms with E-state index in [4.69, 9.17) is 0 Å². The zero-order valence-corrected chi connectivity index (χ0v) is 11.8. The average molecular weight is 320 g/mol. The van der Waals surface area contributed by atoms with E-state index in [0.29, 0.717) is 18.9 Å². The van der Waals surface area contributed by atoms with Crippen molar-refractivity contribution in [3.8, 4) is 5.88 Å². The molecule has 0 spiro atoms. The monoisotopic (exact) mass is 320 g/mol. The lowest BCUT2D eigenvalue weighted by molar-refractivity contribution is -0.386. The van der Waals surface area contributed by atoms with Crippen LogP contribution >= 0.6 is 0 Å². The smallest absolute Gasteiger partial charge is 0.422 e. The van der Waals surface area contributed by atoms with Crippen molar-refractivity contribution in [2.75, 3.05) is 44.7 Å².